The van der Waals surface area contributed by atoms with Gasteiger partial charge in [-0.1, -0.05) is 24.3 Å². The van der Waals surface area contributed by atoms with Crippen molar-refractivity contribution in [2.24, 2.45) is 0 Å². The molecule has 2 aromatic carbocycles. The van der Waals surface area contributed by atoms with Gasteiger partial charge in [0.05, 0.1) is 0 Å². The minimum atomic E-state index is -0.550. The van der Waals surface area contributed by atoms with Crippen molar-refractivity contribution in [3.63, 3.8) is 0 Å². The summed E-state index contributed by atoms with van der Waals surface area (Å²) < 4.78 is 27.0. The third-order valence-corrected chi connectivity index (χ3v) is 3.46. The van der Waals surface area contributed by atoms with E-state index in [4.69, 9.17) is 0 Å². The highest BCUT2D eigenvalue weighted by atomic mass is 19.1. The van der Waals surface area contributed by atoms with Crippen LogP contribution in [0.4, 0.5) is 14.5 Å². The van der Waals surface area contributed by atoms with E-state index in [-0.39, 0.29) is 5.56 Å². The Labute approximate surface area is 124 Å². The fourth-order valence-corrected chi connectivity index (χ4v) is 2.23. The number of nitrogens with zero attached hydrogens (tertiary/aromatic N) is 1. The molecule has 3 heteroatoms. The van der Waals surface area contributed by atoms with Crippen molar-refractivity contribution in [2.75, 3.05) is 18.0 Å². The zero-order chi connectivity index (χ0) is 15.2. The van der Waals surface area contributed by atoms with Crippen LogP contribution in [0.5, 0.6) is 0 Å². The van der Waals surface area contributed by atoms with Gasteiger partial charge in [-0.15, -0.1) is 0 Å². The number of hydrogen-bond acceptors (Lipinski definition) is 1. The first-order valence-electron chi connectivity index (χ1n) is 7.12. The van der Waals surface area contributed by atoms with Gasteiger partial charge in [-0.3, -0.25) is 0 Å². The molecule has 2 rings (SSSR count). The van der Waals surface area contributed by atoms with Crippen LogP contribution in [0.2, 0.25) is 0 Å². The molecule has 0 aromatic heterocycles. The standard InChI is InChI=1S/C18H19F2N/c1-3-21(4-2)15-11-8-14(9-12-15)10-13-16-17(19)6-5-7-18(16)20/h5-13H,3-4H2,1-2H3/b13-10+. The van der Waals surface area contributed by atoms with Crippen LogP contribution in [0, 0.1) is 11.6 Å². The van der Waals surface area contributed by atoms with Gasteiger partial charge in [-0.2, -0.15) is 0 Å². The highest BCUT2D eigenvalue weighted by molar-refractivity contribution is 5.71. The molecule has 0 radical (unpaired) electrons. The van der Waals surface area contributed by atoms with Gasteiger partial charge in [0.2, 0.25) is 0 Å². The van der Waals surface area contributed by atoms with E-state index in [0.29, 0.717) is 0 Å². The number of benzene rings is 2. The summed E-state index contributed by atoms with van der Waals surface area (Å²) in [6.07, 6.45) is 3.19. The minimum Gasteiger partial charge on any atom is -0.372 e. The molecule has 0 unspecified atom stereocenters. The van der Waals surface area contributed by atoms with Gasteiger partial charge in [0, 0.05) is 24.3 Å². The second kappa shape index (κ2) is 7.02. The number of hydrogen-bond donors (Lipinski definition) is 0. The average Bonchev–Trinajstić information content (AvgIpc) is 2.49. The van der Waals surface area contributed by atoms with Crippen molar-refractivity contribution in [1.82, 2.24) is 0 Å². The first-order chi connectivity index (χ1) is 10.2. The fourth-order valence-electron chi connectivity index (χ4n) is 2.23. The Bertz CT molecular complexity index is 593. The van der Waals surface area contributed by atoms with Crippen LogP contribution in [0.1, 0.15) is 25.0 Å². The van der Waals surface area contributed by atoms with E-state index in [1.54, 1.807) is 6.08 Å². The second-order valence-corrected chi connectivity index (χ2v) is 4.73. The quantitative estimate of drug-likeness (QED) is 0.701. The zero-order valence-corrected chi connectivity index (χ0v) is 12.3. The van der Waals surface area contributed by atoms with Crippen molar-refractivity contribution in [2.45, 2.75) is 13.8 Å². The van der Waals surface area contributed by atoms with E-state index in [1.807, 2.05) is 24.3 Å². The summed E-state index contributed by atoms with van der Waals surface area (Å²) in [5.74, 6) is -1.10. The molecule has 0 N–H and O–H groups in total. The van der Waals surface area contributed by atoms with Crippen LogP contribution in [0.25, 0.3) is 12.2 Å². The molecule has 0 heterocycles. The molecule has 2 aromatic rings. The third kappa shape index (κ3) is 3.69. The van der Waals surface area contributed by atoms with Gasteiger partial charge in [0.1, 0.15) is 11.6 Å². The van der Waals surface area contributed by atoms with Crippen LogP contribution in [-0.2, 0) is 0 Å². The Balaban J connectivity index is 2.19. The van der Waals surface area contributed by atoms with Crippen molar-refractivity contribution in [3.8, 4) is 0 Å². The Morgan fingerprint density at radius 1 is 0.857 bits per heavy atom. The summed E-state index contributed by atoms with van der Waals surface area (Å²) >= 11 is 0. The van der Waals surface area contributed by atoms with Crippen LogP contribution >= 0.6 is 0 Å². The number of anilines is 1. The van der Waals surface area contributed by atoms with E-state index in [0.717, 1.165) is 24.3 Å². The normalized spacial score (nSPS) is 11.0. The second-order valence-electron chi connectivity index (χ2n) is 4.73. The van der Waals surface area contributed by atoms with Crippen LogP contribution in [-0.4, -0.2) is 13.1 Å². The topological polar surface area (TPSA) is 3.24 Å². The molecular weight excluding hydrogens is 268 g/mol. The third-order valence-electron chi connectivity index (χ3n) is 3.46. The highest BCUT2D eigenvalue weighted by Crippen LogP contribution is 2.18. The van der Waals surface area contributed by atoms with Crippen LogP contribution in [0.3, 0.4) is 0 Å². The SMILES string of the molecule is CCN(CC)c1ccc(/C=C/c2c(F)cccc2F)cc1. The molecule has 1 nitrogen and oxygen atoms in total. The summed E-state index contributed by atoms with van der Waals surface area (Å²) in [7, 11) is 0. The minimum absolute atomic E-state index is 0.00896. The molecule has 0 aliphatic carbocycles. The highest BCUT2D eigenvalue weighted by Gasteiger charge is 2.04. The molecule has 0 aliphatic rings. The van der Waals surface area contributed by atoms with Gasteiger partial charge in [-0.25, -0.2) is 8.78 Å². The molecule has 0 fully saturated rings. The lowest BCUT2D eigenvalue weighted by Crippen LogP contribution is -2.21. The van der Waals surface area contributed by atoms with Crippen molar-refractivity contribution < 1.29 is 8.78 Å². The summed E-state index contributed by atoms with van der Waals surface area (Å²) in [5, 5.41) is 0. The van der Waals surface area contributed by atoms with E-state index < -0.39 is 11.6 Å². The van der Waals surface area contributed by atoms with Gasteiger partial charge in [-0.05, 0) is 49.8 Å². The molecule has 0 saturated carbocycles. The molecule has 0 aliphatic heterocycles. The van der Waals surface area contributed by atoms with Gasteiger partial charge in [0.15, 0.2) is 0 Å². The zero-order valence-electron chi connectivity index (χ0n) is 12.3. The Hall–Kier alpha value is -2.16. The van der Waals surface area contributed by atoms with Crippen LogP contribution in [0.15, 0.2) is 42.5 Å². The number of halogens is 2. The van der Waals surface area contributed by atoms with E-state index in [9.17, 15) is 8.78 Å². The molecule has 0 atom stereocenters. The Morgan fingerprint density at radius 3 is 1.95 bits per heavy atom. The van der Waals surface area contributed by atoms with Gasteiger partial charge >= 0.3 is 0 Å². The number of rotatable bonds is 5. The van der Waals surface area contributed by atoms with Gasteiger partial charge in [0.25, 0.3) is 0 Å². The first kappa shape index (κ1) is 15.2. The predicted octanol–water partition coefficient (Wildman–Crippen LogP) is 4.98. The Morgan fingerprint density at radius 2 is 1.43 bits per heavy atom. The van der Waals surface area contributed by atoms with Crippen LogP contribution < -0.4 is 4.90 Å². The molecule has 0 amide bonds. The first-order valence-corrected chi connectivity index (χ1v) is 7.12. The largest absolute Gasteiger partial charge is 0.372 e. The summed E-state index contributed by atoms with van der Waals surface area (Å²) in [5.41, 5.74) is 2.05. The summed E-state index contributed by atoms with van der Waals surface area (Å²) in [6, 6.07) is 11.8. The van der Waals surface area contributed by atoms with Crippen molar-refractivity contribution in [1.29, 1.82) is 0 Å². The smallest absolute Gasteiger partial charge is 0.133 e. The molecule has 0 saturated heterocycles. The van der Waals surface area contributed by atoms with E-state index in [1.165, 1.54) is 24.3 Å². The average molecular weight is 287 g/mol. The summed E-state index contributed by atoms with van der Waals surface area (Å²) in [6.45, 7) is 6.12. The van der Waals surface area contributed by atoms with Gasteiger partial charge < -0.3 is 4.90 Å². The molecule has 110 valence electrons. The lowest BCUT2D eigenvalue weighted by atomic mass is 10.1. The lowest BCUT2D eigenvalue weighted by Gasteiger charge is -2.20. The molecule has 0 bridgehead atoms. The molecule has 21 heavy (non-hydrogen) atoms. The summed E-state index contributed by atoms with van der Waals surface area (Å²) in [4.78, 5) is 2.24. The monoisotopic (exact) mass is 287 g/mol. The van der Waals surface area contributed by atoms with Crippen molar-refractivity contribution >= 4 is 17.8 Å². The maximum absolute atomic E-state index is 13.5. The molecule has 0 spiro atoms. The molecular formula is C18H19F2N. The maximum atomic E-state index is 13.5. The van der Waals surface area contributed by atoms with Crippen molar-refractivity contribution in [3.05, 3.63) is 65.2 Å². The maximum Gasteiger partial charge on any atom is 0.133 e. The fraction of sp³-hybridized carbons (Fsp3) is 0.222. The van der Waals surface area contributed by atoms with E-state index >= 15 is 0 Å². The predicted molar refractivity (Wildman–Crippen MR) is 85.3 cm³/mol. The Kier molecular flexibility index (Phi) is 5.09. The van der Waals surface area contributed by atoms with E-state index in [2.05, 4.69) is 18.7 Å². The lowest BCUT2D eigenvalue weighted by molar-refractivity contribution is 0.579.